The van der Waals surface area contributed by atoms with E-state index in [-0.39, 0.29) is 16.9 Å². The Bertz CT molecular complexity index is 400. The van der Waals surface area contributed by atoms with Crippen molar-refractivity contribution in [3.05, 3.63) is 0 Å². The fourth-order valence-electron chi connectivity index (χ4n) is 2.41. The lowest BCUT2D eigenvalue weighted by Crippen LogP contribution is -2.56. The van der Waals surface area contributed by atoms with E-state index in [1.807, 2.05) is 6.92 Å². The van der Waals surface area contributed by atoms with Gasteiger partial charge in [0.25, 0.3) is 0 Å². The normalized spacial score (nSPS) is 21.9. The Morgan fingerprint density at radius 2 is 2.05 bits per heavy atom. The van der Waals surface area contributed by atoms with E-state index in [0.29, 0.717) is 26.0 Å². The minimum absolute atomic E-state index is 0.162. The van der Waals surface area contributed by atoms with Gasteiger partial charge in [0, 0.05) is 6.54 Å². The van der Waals surface area contributed by atoms with E-state index in [0.717, 1.165) is 12.8 Å². The van der Waals surface area contributed by atoms with Crippen LogP contribution < -0.4 is 5.73 Å². The molecule has 0 radical (unpaired) electrons. The van der Waals surface area contributed by atoms with Crippen molar-refractivity contribution in [1.82, 2.24) is 4.90 Å². The molecule has 1 aliphatic rings. The molecule has 0 saturated carbocycles. The first-order valence-corrected chi connectivity index (χ1v) is 7.56. The lowest BCUT2D eigenvalue weighted by Gasteiger charge is -2.39. The molecule has 6 heteroatoms. The summed E-state index contributed by atoms with van der Waals surface area (Å²) in [6, 6.07) is -0.503. The van der Waals surface area contributed by atoms with Gasteiger partial charge in [-0.15, -0.1) is 0 Å². The summed E-state index contributed by atoms with van der Waals surface area (Å²) in [5, 5.41) is 0. The molecule has 1 heterocycles. The molecule has 0 aromatic rings. The minimum atomic E-state index is -0.891. The number of amides is 1. The Kier molecular flexibility index (Phi) is 5.92. The number of nitrogens with two attached hydrogens (primary N) is 1. The molecule has 114 valence electrons. The van der Waals surface area contributed by atoms with Crippen LogP contribution in [0.25, 0.3) is 0 Å². The molecule has 0 spiro atoms. The average molecular weight is 300 g/mol. The Hall–Kier alpha value is -1.17. The summed E-state index contributed by atoms with van der Waals surface area (Å²) in [6.45, 7) is 6.26. The molecule has 1 rings (SSSR count). The summed E-state index contributed by atoms with van der Waals surface area (Å²) in [7, 11) is 0. The fraction of sp³-hybridized carbons (Fsp3) is 0.786. The number of carbonyl (C=O) groups is 2. The highest BCUT2D eigenvalue weighted by atomic mass is 32.1. The summed E-state index contributed by atoms with van der Waals surface area (Å²) >= 11 is 5.04. The van der Waals surface area contributed by atoms with Gasteiger partial charge in [-0.3, -0.25) is 4.79 Å². The zero-order valence-corrected chi connectivity index (χ0v) is 13.3. The van der Waals surface area contributed by atoms with Gasteiger partial charge in [0.2, 0.25) is 5.91 Å². The van der Waals surface area contributed by atoms with Crippen molar-refractivity contribution in [1.29, 1.82) is 0 Å². The molecule has 5 nitrogen and oxygen atoms in total. The molecule has 0 aromatic heterocycles. The number of thiocarbonyl (C=S) groups is 1. The zero-order chi connectivity index (χ0) is 15.3. The lowest BCUT2D eigenvalue weighted by atomic mass is 9.84. The molecular formula is C14H24N2O3S. The highest BCUT2D eigenvalue weighted by molar-refractivity contribution is 7.80. The van der Waals surface area contributed by atoms with Gasteiger partial charge >= 0.3 is 5.97 Å². The Labute approximate surface area is 125 Å². The van der Waals surface area contributed by atoms with E-state index in [4.69, 9.17) is 22.7 Å². The summed E-state index contributed by atoms with van der Waals surface area (Å²) < 4.78 is 5.07. The van der Waals surface area contributed by atoms with Crippen molar-refractivity contribution in [2.45, 2.75) is 52.5 Å². The minimum Gasteiger partial charge on any atom is -0.464 e. The van der Waals surface area contributed by atoms with E-state index in [9.17, 15) is 9.59 Å². The van der Waals surface area contributed by atoms with Crippen molar-refractivity contribution in [3.63, 3.8) is 0 Å². The maximum Gasteiger partial charge on any atom is 0.328 e. The molecule has 1 fully saturated rings. The Morgan fingerprint density at radius 3 is 2.55 bits per heavy atom. The van der Waals surface area contributed by atoms with Gasteiger partial charge in [-0.25, -0.2) is 4.79 Å². The third kappa shape index (κ3) is 3.29. The van der Waals surface area contributed by atoms with Crippen LogP contribution in [0.5, 0.6) is 0 Å². The van der Waals surface area contributed by atoms with Crippen molar-refractivity contribution in [2.75, 3.05) is 13.2 Å². The molecule has 2 unspecified atom stereocenters. The van der Waals surface area contributed by atoms with Gasteiger partial charge in [0.15, 0.2) is 0 Å². The average Bonchev–Trinajstić information content (AvgIpc) is 2.45. The second kappa shape index (κ2) is 7.02. The lowest BCUT2D eigenvalue weighted by molar-refractivity contribution is -0.159. The van der Waals surface area contributed by atoms with E-state index >= 15 is 0 Å². The van der Waals surface area contributed by atoms with Crippen molar-refractivity contribution >= 4 is 29.1 Å². The first-order valence-electron chi connectivity index (χ1n) is 7.16. The molecule has 0 aliphatic carbocycles. The number of hydrogen-bond acceptors (Lipinski definition) is 4. The number of esters is 1. The van der Waals surface area contributed by atoms with Crippen molar-refractivity contribution in [3.8, 4) is 0 Å². The number of carbonyl (C=O) groups excluding carboxylic acids is 2. The van der Waals surface area contributed by atoms with Crippen LogP contribution in [-0.4, -0.2) is 41.0 Å². The van der Waals surface area contributed by atoms with Crippen LogP contribution in [0.4, 0.5) is 0 Å². The third-order valence-electron chi connectivity index (χ3n) is 4.05. The van der Waals surface area contributed by atoms with Gasteiger partial charge in [-0.2, -0.15) is 0 Å². The maximum absolute atomic E-state index is 12.8. The molecule has 0 aromatic carbocycles. The highest BCUT2D eigenvalue weighted by Gasteiger charge is 2.43. The monoisotopic (exact) mass is 300 g/mol. The molecule has 1 saturated heterocycles. The third-order valence-corrected chi connectivity index (χ3v) is 4.50. The van der Waals surface area contributed by atoms with Crippen LogP contribution >= 0.6 is 12.2 Å². The maximum atomic E-state index is 12.8. The molecule has 2 atom stereocenters. The number of likely N-dealkylation sites (tertiary alicyclic amines) is 1. The van der Waals surface area contributed by atoms with Gasteiger partial charge < -0.3 is 15.4 Å². The van der Waals surface area contributed by atoms with E-state index in [1.54, 1.807) is 18.7 Å². The smallest absolute Gasteiger partial charge is 0.328 e. The van der Waals surface area contributed by atoms with E-state index in [2.05, 4.69) is 0 Å². The van der Waals surface area contributed by atoms with Gasteiger partial charge in [0.05, 0.1) is 17.0 Å². The van der Waals surface area contributed by atoms with Crippen molar-refractivity contribution < 1.29 is 14.3 Å². The summed E-state index contributed by atoms with van der Waals surface area (Å²) in [5.41, 5.74) is 4.85. The first kappa shape index (κ1) is 16.9. The molecule has 1 aliphatic heterocycles. The molecular weight excluding hydrogens is 276 g/mol. The quantitative estimate of drug-likeness (QED) is 0.617. The predicted molar refractivity (Wildman–Crippen MR) is 81.2 cm³/mol. The topological polar surface area (TPSA) is 72.6 Å². The highest BCUT2D eigenvalue weighted by Crippen LogP contribution is 2.29. The number of hydrogen-bond donors (Lipinski definition) is 1. The second-order valence-electron chi connectivity index (χ2n) is 5.31. The molecule has 1 amide bonds. The number of ether oxygens (including phenoxy) is 1. The second-order valence-corrected chi connectivity index (χ2v) is 5.75. The summed E-state index contributed by atoms with van der Waals surface area (Å²) in [4.78, 5) is 26.6. The van der Waals surface area contributed by atoms with Crippen LogP contribution in [0.2, 0.25) is 0 Å². The van der Waals surface area contributed by atoms with Crippen LogP contribution in [0.1, 0.15) is 46.5 Å². The Balaban J connectivity index is 2.97. The summed E-state index contributed by atoms with van der Waals surface area (Å²) in [6.07, 6.45) is 2.97. The first-order chi connectivity index (χ1) is 9.38. The zero-order valence-electron chi connectivity index (χ0n) is 12.5. The molecule has 0 bridgehead atoms. The van der Waals surface area contributed by atoms with Crippen LogP contribution in [0.3, 0.4) is 0 Å². The van der Waals surface area contributed by atoms with Gasteiger partial charge in [-0.1, -0.05) is 19.1 Å². The molecule has 20 heavy (non-hydrogen) atoms. The largest absolute Gasteiger partial charge is 0.464 e. The van der Waals surface area contributed by atoms with Crippen LogP contribution in [0, 0.1) is 5.41 Å². The van der Waals surface area contributed by atoms with Crippen LogP contribution in [0.15, 0.2) is 0 Å². The summed E-state index contributed by atoms with van der Waals surface area (Å²) in [5.74, 6) is -0.493. The van der Waals surface area contributed by atoms with Crippen molar-refractivity contribution in [2.24, 2.45) is 11.1 Å². The predicted octanol–water partition coefficient (Wildman–Crippen LogP) is 1.63. The number of rotatable bonds is 5. The van der Waals surface area contributed by atoms with E-state index in [1.165, 1.54) is 0 Å². The van der Waals surface area contributed by atoms with Crippen LogP contribution in [-0.2, 0) is 14.3 Å². The fourth-order valence-corrected chi connectivity index (χ4v) is 2.64. The number of nitrogens with zero attached hydrogens (tertiary/aromatic N) is 1. The van der Waals surface area contributed by atoms with Gasteiger partial charge in [-0.05, 0) is 39.5 Å². The standard InChI is InChI=1S/C14H24N2O3S/c1-4-14(3,12(15)20)13(18)16-9-7-6-8-10(16)11(17)19-5-2/h10H,4-9H2,1-3H3,(H2,15,20). The van der Waals surface area contributed by atoms with Gasteiger partial charge in [0.1, 0.15) is 6.04 Å². The Morgan fingerprint density at radius 1 is 1.40 bits per heavy atom. The number of piperidine rings is 1. The SMILES string of the molecule is CCOC(=O)C1CCCCN1C(=O)C(C)(CC)C(N)=S. The molecule has 2 N–H and O–H groups in total. The van der Waals surface area contributed by atoms with E-state index < -0.39 is 11.5 Å².